The zero-order valence-electron chi connectivity index (χ0n) is 8.96. The van der Waals surface area contributed by atoms with Crippen LogP contribution in [-0.2, 0) is 9.47 Å². The third-order valence-electron chi connectivity index (χ3n) is 1.40. The Morgan fingerprint density at radius 1 is 1.00 bits per heavy atom. The predicted molar refractivity (Wildman–Crippen MR) is 49.9 cm³/mol. The maximum Gasteiger partial charge on any atom is 0.207 e. The molecule has 0 saturated heterocycles. The molecule has 74 valence electrons. The molecule has 0 aromatic heterocycles. The molecule has 0 aliphatic rings. The summed E-state index contributed by atoms with van der Waals surface area (Å²) in [7, 11) is 6.39. The minimum atomic E-state index is -0.0556. The number of hydrogen-bond acceptors (Lipinski definition) is 2. The van der Waals surface area contributed by atoms with Crippen molar-refractivity contribution in [1.82, 2.24) is 0 Å². The van der Waals surface area contributed by atoms with Crippen molar-refractivity contribution in [2.45, 2.75) is 20.1 Å². The van der Waals surface area contributed by atoms with Crippen LogP contribution in [0.5, 0.6) is 0 Å². The molecule has 3 heteroatoms. The molecule has 0 fully saturated rings. The summed E-state index contributed by atoms with van der Waals surface area (Å²) in [5.41, 5.74) is 0. The monoisotopic (exact) mass is 176 g/mol. The summed E-state index contributed by atoms with van der Waals surface area (Å²) < 4.78 is 11.7. The average Bonchev–Trinajstić information content (AvgIpc) is 1.84. The van der Waals surface area contributed by atoms with Crippen molar-refractivity contribution in [2.75, 3.05) is 40.9 Å². The van der Waals surface area contributed by atoms with Gasteiger partial charge in [-0.3, -0.25) is 0 Å². The van der Waals surface area contributed by atoms with E-state index in [0.29, 0.717) is 13.2 Å². The Kier molecular flexibility index (Phi) is 5.46. The molecule has 0 spiro atoms. The zero-order chi connectivity index (χ0) is 9.61. The van der Waals surface area contributed by atoms with Gasteiger partial charge >= 0.3 is 0 Å². The van der Waals surface area contributed by atoms with Gasteiger partial charge in [0.15, 0.2) is 0 Å². The number of nitrogens with zero attached hydrogens (tertiary/aromatic N) is 1. The molecule has 0 aromatic carbocycles. The third kappa shape index (κ3) is 6.58. The number of hydrogen-bond donors (Lipinski definition) is 0. The SMILES string of the molecule is CCOC(C[N+](C)(C)C)OCC. The van der Waals surface area contributed by atoms with E-state index in [9.17, 15) is 0 Å². The first-order valence-corrected chi connectivity index (χ1v) is 4.53. The first-order chi connectivity index (χ1) is 5.49. The molecule has 12 heavy (non-hydrogen) atoms. The summed E-state index contributed by atoms with van der Waals surface area (Å²) in [4.78, 5) is 0. The van der Waals surface area contributed by atoms with Crippen LogP contribution in [0.2, 0.25) is 0 Å². The van der Waals surface area contributed by atoms with Gasteiger partial charge in [0.2, 0.25) is 6.29 Å². The highest BCUT2D eigenvalue weighted by molar-refractivity contribution is 4.40. The first kappa shape index (κ1) is 11.9. The molecule has 0 radical (unpaired) electrons. The van der Waals surface area contributed by atoms with E-state index in [-0.39, 0.29) is 6.29 Å². The van der Waals surface area contributed by atoms with Gasteiger partial charge in [0.25, 0.3) is 0 Å². The lowest BCUT2D eigenvalue weighted by molar-refractivity contribution is -0.876. The Morgan fingerprint density at radius 2 is 1.42 bits per heavy atom. The highest BCUT2D eigenvalue weighted by atomic mass is 16.7. The largest absolute Gasteiger partial charge is 0.348 e. The second-order valence-corrected chi connectivity index (χ2v) is 3.81. The van der Waals surface area contributed by atoms with Gasteiger partial charge in [-0.1, -0.05) is 0 Å². The van der Waals surface area contributed by atoms with Crippen molar-refractivity contribution in [2.24, 2.45) is 0 Å². The molecule has 0 aliphatic heterocycles. The van der Waals surface area contributed by atoms with Crippen LogP contribution in [-0.4, -0.2) is 51.7 Å². The van der Waals surface area contributed by atoms with Crippen LogP contribution >= 0.6 is 0 Å². The fraction of sp³-hybridized carbons (Fsp3) is 1.00. The second kappa shape index (κ2) is 5.51. The van der Waals surface area contributed by atoms with E-state index >= 15 is 0 Å². The van der Waals surface area contributed by atoms with E-state index in [1.54, 1.807) is 0 Å². The van der Waals surface area contributed by atoms with Crippen LogP contribution in [0.25, 0.3) is 0 Å². The van der Waals surface area contributed by atoms with Crippen molar-refractivity contribution >= 4 is 0 Å². The van der Waals surface area contributed by atoms with Crippen molar-refractivity contribution in [3.63, 3.8) is 0 Å². The summed E-state index contributed by atoms with van der Waals surface area (Å²) in [6, 6.07) is 0. The lowest BCUT2D eigenvalue weighted by Gasteiger charge is -2.28. The van der Waals surface area contributed by atoms with E-state index in [4.69, 9.17) is 9.47 Å². The highest BCUT2D eigenvalue weighted by Crippen LogP contribution is 2.01. The number of likely N-dealkylation sites (N-methyl/N-ethyl adjacent to an activating group) is 1. The molecule has 0 heterocycles. The number of rotatable bonds is 6. The quantitative estimate of drug-likeness (QED) is 0.445. The van der Waals surface area contributed by atoms with Gasteiger partial charge in [0.05, 0.1) is 21.1 Å². The second-order valence-electron chi connectivity index (χ2n) is 3.81. The molecule has 0 unspecified atom stereocenters. The van der Waals surface area contributed by atoms with Gasteiger partial charge in [-0.25, -0.2) is 0 Å². The predicted octanol–water partition coefficient (Wildman–Crippen LogP) is 1.09. The minimum absolute atomic E-state index is 0.0556. The van der Waals surface area contributed by atoms with Crippen LogP contribution in [0, 0.1) is 0 Å². The Balaban J connectivity index is 3.77. The van der Waals surface area contributed by atoms with Crippen LogP contribution in [0.4, 0.5) is 0 Å². The molecule has 3 nitrogen and oxygen atoms in total. The molecule has 0 atom stereocenters. The molecule has 0 N–H and O–H groups in total. The van der Waals surface area contributed by atoms with Crippen LogP contribution < -0.4 is 0 Å². The lowest BCUT2D eigenvalue weighted by atomic mass is 10.5. The maximum atomic E-state index is 5.42. The maximum absolute atomic E-state index is 5.42. The van der Waals surface area contributed by atoms with E-state index in [0.717, 1.165) is 11.0 Å². The summed E-state index contributed by atoms with van der Waals surface area (Å²) in [5, 5.41) is 0. The number of ether oxygens (including phenoxy) is 2. The van der Waals surface area contributed by atoms with Gasteiger partial charge in [-0.15, -0.1) is 0 Å². The summed E-state index contributed by atoms with van der Waals surface area (Å²) in [6.45, 7) is 6.29. The van der Waals surface area contributed by atoms with Crippen molar-refractivity contribution in [3.8, 4) is 0 Å². The standard InChI is InChI=1S/C9H22NO2/c1-6-11-9(12-7-2)8-10(3,4)5/h9H,6-8H2,1-5H3/q+1. The first-order valence-electron chi connectivity index (χ1n) is 4.53. The summed E-state index contributed by atoms with van der Waals surface area (Å²) >= 11 is 0. The molecule has 0 rings (SSSR count). The Morgan fingerprint density at radius 3 is 1.67 bits per heavy atom. The van der Waals surface area contributed by atoms with Crippen LogP contribution in [0.3, 0.4) is 0 Å². The van der Waals surface area contributed by atoms with Gasteiger partial charge in [0, 0.05) is 13.2 Å². The third-order valence-corrected chi connectivity index (χ3v) is 1.40. The fourth-order valence-corrected chi connectivity index (χ4v) is 0.973. The molecule has 0 amide bonds. The molecule has 0 bridgehead atoms. The fourth-order valence-electron chi connectivity index (χ4n) is 0.973. The van der Waals surface area contributed by atoms with Crippen LogP contribution in [0.15, 0.2) is 0 Å². The highest BCUT2D eigenvalue weighted by Gasteiger charge is 2.17. The zero-order valence-corrected chi connectivity index (χ0v) is 8.96. The summed E-state index contributed by atoms with van der Waals surface area (Å²) in [5.74, 6) is 0. The molecular weight excluding hydrogens is 154 g/mol. The summed E-state index contributed by atoms with van der Waals surface area (Å²) in [6.07, 6.45) is -0.0556. The Labute approximate surface area is 75.9 Å². The average molecular weight is 176 g/mol. The van der Waals surface area contributed by atoms with Gasteiger partial charge in [0.1, 0.15) is 6.54 Å². The lowest BCUT2D eigenvalue weighted by Crippen LogP contribution is -2.43. The Hall–Kier alpha value is -0.120. The van der Waals surface area contributed by atoms with E-state index in [1.807, 2.05) is 13.8 Å². The van der Waals surface area contributed by atoms with E-state index in [1.165, 1.54) is 0 Å². The molecular formula is C9H22NO2+. The number of quaternary nitrogens is 1. The molecule has 0 aromatic rings. The minimum Gasteiger partial charge on any atom is -0.348 e. The van der Waals surface area contributed by atoms with Gasteiger partial charge < -0.3 is 14.0 Å². The normalized spacial score (nSPS) is 12.5. The van der Waals surface area contributed by atoms with Crippen molar-refractivity contribution < 1.29 is 14.0 Å². The smallest absolute Gasteiger partial charge is 0.207 e. The van der Waals surface area contributed by atoms with Crippen molar-refractivity contribution in [1.29, 1.82) is 0 Å². The van der Waals surface area contributed by atoms with E-state index < -0.39 is 0 Å². The van der Waals surface area contributed by atoms with Crippen LogP contribution in [0.1, 0.15) is 13.8 Å². The van der Waals surface area contributed by atoms with Crippen molar-refractivity contribution in [3.05, 3.63) is 0 Å². The topological polar surface area (TPSA) is 18.5 Å². The Bertz CT molecular complexity index is 104. The van der Waals surface area contributed by atoms with Gasteiger partial charge in [-0.2, -0.15) is 0 Å². The molecule has 0 aliphatic carbocycles. The van der Waals surface area contributed by atoms with Gasteiger partial charge in [-0.05, 0) is 13.8 Å². The van der Waals surface area contributed by atoms with E-state index in [2.05, 4.69) is 21.1 Å². The molecule has 0 saturated carbocycles.